The van der Waals surface area contributed by atoms with E-state index in [-0.39, 0.29) is 0 Å². The van der Waals surface area contributed by atoms with E-state index in [1.807, 2.05) is 0 Å². The van der Waals surface area contributed by atoms with Gasteiger partial charge in [0.05, 0.1) is 0 Å². The van der Waals surface area contributed by atoms with E-state index in [1.165, 1.54) is 82.3 Å². The minimum Gasteiger partial charge on any atom is -0.459 e. The Morgan fingerprint density at radius 3 is 1.65 bits per heavy atom. The first-order chi connectivity index (χ1) is 12.2. The molecule has 0 aliphatic carbocycles. The van der Waals surface area contributed by atoms with Gasteiger partial charge in [-0.3, -0.25) is 0 Å². The van der Waals surface area contributed by atoms with Crippen LogP contribution in [0.1, 0.15) is 71.1 Å². The molecule has 0 N–H and O–H groups in total. The van der Waals surface area contributed by atoms with E-state index in [4.69, 9.17) is 8.23 Å². The lowest BCUT2D eigenvalue weighted by Gasteiger charge is -2.34. The van der Waals surface area contributed by atoms with Crippen LogP contribution in [0.4, 0.5) is 0 Å². The number of rotatable bonds is 18. The van der Waals surface area contributed by atoms with Crippen LogP contribution in [0.25, 0.3) is 0 Å². The third kappa shape index (κ3) is 18.2. The first kappa shape index (κ1) is 26.8. The van der Waals surface area contributed by atoms with E-state index < -0.39 is 25.7 Å². The molecule has 0 atom stereocenters. The summed E-state index contributed by atoms with van der Waals surface area (Å²) in [5, 5.41) is 0. The molecule has 0 fully saturated rings. The average molecular weight is 433 g/mol. The molecule has 2 nitrogen and oxygen atoms in total. The maximum absolute atomic E-state index is 6.77. The summed E-state index contributed by atoms with van der Waals surface area (Å²) in [6, 6.07) is 3.89. The van der Waals surface area contributed by atoms with Crippen LogP contribution in [0.15, 0.2) is 0 Å². The maximum Gasteiger partial charge on any atom is 0.214 e. The van der Waals surface area contributed by atoms with Crippen molar-refractivity contribution < 1.29 is 8.23 Å². The average Bonchev–Trinajstić information content (AvgIpc) is 2.51. The Morgan fingerprint density at radius 2 is 1.15 bits per heavy atom. The second-order valence-corrected chi connectivity index (χ2v) is 22.0. The lowest BCUT2D eigenvalue weighted by molar-refractivity contribution is 0.523. The van der Waals surface area contributed by atoms with Crippen molar-refractivity contribution in [3.8, 4) is 0 Å². The Bertz CT molecular complexity index is 323. The Balaban J connectivity index is 3.76. The van der Waals surface area contributed by atoms with Crippen LogP contribution in [0.3, 0.4) is 0 Å². The van der Waals surface area contributed by atoms with Gasteiger partial charge in [0.25, 0.3) is 0 Å². The normalized spacial score (nSPS) is 12.9. The van der Waals surface area contributed by atoms with Crippen LogP contribution in [-0.2, 0) is 8.23 Å². The van der Waals surface area contributed by atoms with Gasteiger partial charge in [-0.25, -0.2) is 0 Å². The van der Waals surface area contributed by atoms with E-state index >= 15 is 0 Å². The molecule has 26 heavy (non-hydrogen) atoms. The summed E-state index contributed by atoms with van der Waals surface area (Å²) < 4.78 is 12.6. The molecule has 0 heterocycles. The molecular formula is C20H48O2Si4. The standard InChI is InChI=1S/C20H48O2Si4/c1-8-9-10-11-12-13-14-15-16-19-25(4,5)22-26(6,7)20-17-18-23-21-24(2)3/h24H,8-20H2,1-7H3. The van der Waals surface area contributed by atoms with Crippen LogP contribution < -0.4 is 0 Å². The molecule has 0 unspecified atom stereocenters. The van der Waals surface area contributed by atoms with E-state index in [0.29, 0.717) is 0 Å². The first-order valence-electron chi connectivity index (χ1n) is 11.3. The minimum atomic E-state index is -1.49. The monoisotopic (exact) mass is 432 g/mol. The SMILES string of the molecule is CCCCCCCCCCC[Si](C)(C)O[Si](C)(C)CCC[Si]O[SiH](C)C. The zero-order valence-corrected chi connectivity index (χ0v) is 23.2. The van der Waals surface area contributed by atoms with Crippen molar-refractivity contribution in [1.82, 2.24) is 0 Å². The predicted molar refractivity (Wildman–Crippen MR) is 128 cm³/mol. The van der Waals surface area contributed by atoms with E-state index in [0.717, 1.165) is 9.76 Å². The summed E-state index contributed by atoms with van der Waals surface area (Å²) in [4.78, 5) is 0. The van der Waals surface area contributed by atoms with Crippen LogP contribution in [0.5, 0.6) is 0 Å². The molecule has 0 saturated heterocycles. The van der Waals surface area contributed by atoms with Gasteiger partial charge in [0.2, 0.25) is 9.76 Å². The highest BCUT2D eigenvalue weighted by Gasteiger charge is 2.32. The summed E-state index contributed by atoms with van der Waals surface area (Å²) in [5.74, 6) is 0. The molecule has 0 rings (SSSR count). The van der Waals surface area contributed by atoms with Crippen molar-refractivity contribution >= 4 is 35.4 Å². The second-order valence-electron chi connectivity index (χ2n) is 9.36. The molecule has 6 heteroatoms. The third-order valence-corrected chi connectivity index (χ3v) is 15.5. The van der Waals surface area contributed by atoms with Gasteiger partial charge in [0.15, 0.2) is 25.7 Å². The Morgan fingerprint density at radius 1 is 0.692 bits per heavy atom. The number of unbranched alkanes of at least 4 members (excludes halogenated alkanes) is 8. The first-order valence-corrected chi connectivity index (χ1v) is 21.4. The van der Waals surface area contributed by atoms with Gasteiger partial charge >= 0.3 is 0 Å². The summed E-state index contributed by atoms with van der Waals surface area (Å²) in [6.07, 6.45) is 14.1. The molecule has 156 valence electrons. The minimum absolute atomic E-state index is 0.725. The fourth-order valence-electron chi connectivity index (χ4n) is 3.52. The predicted octanol–water partition coefficient (Wildman–Crippen LogP) is 7.37. The van der Waals surface area contributed by atoms with Crippen LogP contribution in [0.2, 0.25) is 57.4 Å². The molecule has 0 aromatic carbocycles. The summed E-state index contributed by atoms with van der Waals surface area (Å²) in [7, 11) is -3.05. The molecular weight excluding hydrogens is 385 g/mol. The van der Waals surface area contributed by atoms with Gasteiger partial charge in [-0.05, 0) is 57.4 Å². The summed E-state index contributed by atoms with van der Waals surface area (Å²) in [5.41, 5.74) is 0. The van der Waals surface area contributed by atoms with Gasteiger partial charge < -0.3 is 8.23 Å². The quantitative estimate of drug-likeness (QED) is 0.166. The van der Waals surface area contributed by atoms with Crippen molar-refractivity contribution in [2.75, 3.05) is 0 Å². The van der Waals surface area contributed by atoms with Gasteiger partial charge in [-0.2, -0.15) is 0 Å². The smallest absolute Gasteiger partial charge is 0.214 e. The number of hydrogen-bond donors (Lipinski definition) is 0. The molecule has 0 amide bonds. The molecule has 2 radical (unpaired) electrons. The fourth-order valence-corrected chi connectivity index (χ4v) is 14.9. The van der Waals surface area contributed by atoms with Crippen LogP contribution in [-0.4, -0.2) is 35.4 Å². The Hall–Kier alpha value is 0.788. The fraction of sp³-hybridized carbons (Fsp3) is 1.00. The molecule has 0 aliphatic heterocycles. The van der Waals surface area contributed by atoms with Crippen LogP contribution >= 0.6 is 0 Å². The van der Waals surface area contributed by atoms with E-state index in [9.17, 15) is 0 Å². The lowest BCUT2D eigenvalue weighted by Crippen LogP contribution is -2.44. The molecule has 0 saturated carbocycles. The molecule has 0 spiro atoms. The van der Waals surface area contributed by atoms with Crippen molar-refractivity contribution in [3.63, 3.8) is 0 Å². The Labute approximate surface area is 172 Å². The highest BCUT2D eigenvalue weighted by molar-refractivity contribution is 6.84. The zero-order chi connectivity index (χ0) is 19.9. The molecule has 0 aromatic heterocycles. The van der Waals surface area contributed by atoms with Crippen molar-refractivity contribution in [2.24, 2.45) is 0 Å². The summed E-state index contributed by atoms with van der Waals surface area (Å²) >= 11 is 0. The highest BCUT2D eigenvalue weighted by Crippen LogP contribution is 2.25. The zero-order valence-electron chi connectivity index (χ0n) is 19.1. The van der Waals surface area contributed by atoms with E-state index in [1.54, 1.807) is 0 Å². The van der Waals surface area contributed by atoms with Gasteiger partial charge in [0.1, 0.15) is 0 Å². The van der Waals surface area contributed by atoms with Crippen molar-refractivity contribution in [2.45, 2.75) is 129 Å². The molecule has 0 aliphatic rings. The lowest BCUT2D eigenvalue weighted by atomic mass is 10.1. The topological polar surface area (TPSA) is 18.5 Å². The van der Waals surface area contributed by atoms with E-state index in [2.05, 4.69) is 46.2 Å². The van der Waals surface area contributed by atoms with Crippen molar-refractivity contribution in [3.05, 3.63) is 0 Å². The number of hydrogen-bond acceptors (Lipinski definition) is 2. The Kier molecular flexibility index (Phi) is 16.2. The molecule has 0 aromatic rings. The van der Waals surface area contributed by atoms with Gasteiger partial charge in [0, 0.05) is 0 Å². The van der Waals surface area contributed by atoms with Crippen molar-refractivity contribution in [1.29, 1.82) is 0 Å². The third-order valence-electron chi connectivity index (χ3n) is 4.81. The second kappa shape index (κ2) is 15.7. The summed E-state index contributed by atoms with van der Waals surface area (Å²) in [6.45, 7) is 16.6. The van der Waals surface area contributed by atoms with Crippen LogP contribution in [0, 0.1) is 0 Å². The van der Waals surface area contributed by atoms with Gasteiger partial charge in [-0.1, -0.05) is 71.1 Å². The van der Waals surface area contributed by atoms with Gasteiger partial charge in [-0.15, -0.1) is 0 Å². The highest BCUT2D eigenvalue weighted by atomic mass is 28.4. The maximum atomic E-state index is 6.77. The largest absolute Gasteiger partial charge is 0.459 e. The molecule has 0 bridgehead atoms.